The fourth-order valence-electron chi connectivity index (χ4n) is 1.33. The zero-order valence-electron chi connectivity index (χ0n) is 9.68. The highest BCUT2D eigenvalue weighted by Crippen LogP contribution is 2.32. The van der Waals surface area contributed by atoms with Gasteiger partial charge in [-0.25, -0.2) is 9.97 Å². The van der Waals surface area contributed by atoms with Crippen LogP contribution in [0.2, 0.25) is 0 Å². The van der Waals surface area contributed by atoms with E-state index in [4.69, 9.17) is 15.2 Å². The van der Waals surface area contributed by atoms with E-state index >= 15 is 0 Å². The number of anilines is 1. The van der Waals surface area contributed by atoms with Crippen LogP contribution in [0.25, 0.3) is 0 Å². The molecule has 2 N–H and O–H groups in total. The molecule has 0 fully saturated rings. The second-order valence-corrected chi connectivity index (χ2v) is 3.48. The van der Waals surface area contributed by atoms with E-state index in [-0.39, 0.29) is 0 Å². The van der Waals surface area contributed by atoms with E-state index in [0.717, 1.165) is 0 Å². The second-order valence-electron chi connectivity index (χ2n) is 3.48. The van der Waals surface area contributed by atoms with E-state index in [1.54, 1.807) is 37.7 Å². The first-order valence-electron chi connectivity index (χ1n) is 5.09. The highest BCUT2D eigenvalue weighted by atomic mass is 16.5. The number of aryl methyl sites for hydroxylation is 1. The molecule has 1 aromatic heterocycles. The summed E-state index contributed by atoms with van der Waals surface area (Å²) in [6, 6.07) is 5.19. The summed E-state index contributed by atoms with van der Waals surface area (Å²) in [4.78, 5) is 8.09. The Morgan fingerprint density at radius 3 is 2.47 bits per heavy atom. The lowest BCUT2D eigenvalue weighted by molar-refractivity contribution is 0.378. The second kappa shape index (κ2) is 4.69. The topological polar surface area (TPSA) is 70.3 Å². The lowest BCUT2D eigenvalue weighted by Gasteiger charge is -2.10. The number of nitrogens with zero attached hydrogens (tertiary/aromatic N) is 2. The molecule has 2 aromatic rings. The standard InChI is InChI=1S/C12H13N3O2/c1-8-14-6-10(7-15-8)17-11-4-3-9(13)5-12(11)16-2/h3-7H,13H2,1-2H3. The van der Waals surface area contributed by atoms with Crippen LogP contribution in [0.5, 0.6) is 17.2 Å². The highest BCUT2D eigenvalue weighted by Gasteiger charge is 2.06. The summed E-state index contributed by atoms with van der Waals surface area (Å²) in [5, 5.41) is 0. The number of ether oxygens (including phenoxy) is 2. The Kier molecular flexibility index (Phi) is 3.09. The van der Waals surface area contributed by atoms with Crippen molar-refractivity contribution in [1.29, 1.82) is 0 Å². The molecule has 0 unspecified atom stereocenters. The molecule has 0 bridgehead atoms. The number of benzene rings is 1. The van der Waals surface area contributed by atoms with Gasteiger partial charge in [0.05, 0.1) is 19.5 Å². The third-order valence-corrected chi connectivity index (χ3v) is 2.17. The van der Waals surface area contributed by atoms with Gasteiger partial charge in [0.1, 0.15) is 5.82 Å². The third-order valence-electron chi connectivity index (χ3n) is 2.17. The van der Waals surface area contributed by atoms with Gasteiger partial charge in [0.2, 0.25) is 0 Å². The molecule has 2 rings (SSSR count). The molecule has 0 aliphatic rings. The molecule has 0 aliphatic heterocycles. The van der Waals surface area contributed by atoms with Crippen LogP contribution in [0.1, 0.15) is 5.82 Å². The van der Waals surface area contributed by atoms with Gasteiger partial charge in [0.25, 0.3) is 0 Å². The number of nitrogen functional groups attached to an aromatic ring is 1. The predicted octanol–water partition coefficient (Wildman–Crippen LogP) is 2.17. The van der Waals surface area contributed by atoms with Crippen LogP contribution in [0, 0.1) is 6.92 Å². The predicted molar refractivity (Wildman–Crippen MR) is 64.2 cm³/mol. The van der Waals surface area contributed by atoms with Gasteiger partial charge < -0.3 is 15.2 Å². The van der Waals surface area contributed by atoms with Crippen molar-refractivity contribution in [2.24, 2.45) is 0 Å². The Morgan fingerprint density at radius 1 is 1.12 bits per heavy atom. The van der Waals surface area contributed by atoms with Crippen molar-refractivity contribution in [2.45, 2.75) is 6.92 Å². The number of aromatic nitrogens is 2. The van der Waals surface area contributed by atoms with Crippen LogP contribution in [-0.4, -0.2) is 17.1 Å². The molecule has 0 radical (unpaired) electrons. The van der Waals surface area contributed by atoms with Crippen molar-refractivity contribution >= 4 is 5.69 Å². The molecule has 5 heteroatoms. The van der Waals surface area contributed by atoms with Crippen LogP contribution in [0.4, 0.5) is 5.69 Å². The fraction of sp³-hybridized carbons (Fsp3) is 0.167. The van der Waals surface area contributed by atoms with Crippen molar-refractivity contribution < 1.29 is 9.47 Å². The minimum absolute atomic E-state index is 0.554. The lowest BCUT2D eigenvalue weighted by atomic mass is 10.3. The van der Waals surface area contributed by atoms with E-state index < -0.39 is 0 Å². The molecule has 5 nitrogen and oxygen atoms in total. The Balaban J connectivity index is 2.26. The summed E-state index contributed by atoms with van der Waals surface area (Å²) in [5.41, 5.74) is 6.28. The number of nitrogens with two attached hydrogens (primary N) is 1. The smallest absolute Gasteiger partial charge is 0.169 e. The molecule has 1 heterocycles. The maximum absolute atomic E-state index is 5.66. The van der Waals surface area contributed by atoms with E-state index in [1.165, 1.54) is 0 Å². The van der Waals surface area contributed by atoms with Crippen molar-refractivity contribution in [2.75, 3.05) is 12.8 Å². The van der Waals surface area contributed by atoms with E-state index in [2.05, 4.69) is 9.97 Å². The highest BCUT2D eigenvalue weighted by molar-refractivity contribution is 5.52. The van der Waals surface area contributed by atoms with Gasteiger partial charge in [0, 0.05) is 11.8 Å². The molecule has 0 atom stereocenters. The zero-order valence-corrected chi connectivity index (χ0v) is 9.68. The Morgan fingerprint density at radius 2 is 1.82 bits per heavy atom. The summed E-state index contributed by atoms with van der Waals surface area (Å²) in [5.74, 6) is 2.40. The molecule has 0 aliphatic carbocycles. The van der Waals surface area contributed by atoms with Crippen LogP contribution in [-0.2, 0) is 0 Å². The average Bonchev–Trinajstić information content (AvgIpc) is 2.34. The first-order valence-corrected chi connectivity index (χ1v) is 5.09. The van der Waals surface area contributed by atoms with E-state index in [0.29, 0.717) is 28.8 Å². The summed E-state index contributed by atoms with van der Waals surface area (Å²) in [7, 11) is 1.56. The molecule has 0 amide bonds. The van der Waals surface area contributed by atoms with Gasteiger partial charge in [0.15, 0.2) is 17.2 Å². The number of hydrogen-bond acceptors (Lipinski definition) is 5. The minimum atomic E-state index is 0.554. The largest absolute Gasteiger partial charge is 0.493 e. The molecule has 1 aromatic carbocycles. The Bertz CT molecular complexity index is 512. The van der Waals surface area contributed by atoms with Gasteiger partial charge in [-0.15, -0.1) is 0 Å². The molecule has 0 spiro atoms. The Hall–Kier alpha value is -2.30. The molecular formula is C12H13N3O2. The lowest BCUT2D eigenvalue weighted by Crippen LogP contribution is -1.94. The van der Waals surface area contributed by atoms with Crippen LogP contribution in [0.15, 0.2) is 30.6 Å². The summed E-state index contributed by atoms with van der Waals surface area (Å²) in [6.45, 7) is 1.81. The Labute approximate surface area is 99.2 Å². The fourth-order valence-corrected chi connectivity index (χ4v) is 1.33. The van der Waals surface area contributed by atoms with Gasteiger partial charge >= 0.3 is 0 Å². The van der Waals surface area contributed by atoms with Crippen LogP contribution < -0.4 is 15.2 Å². The summed E-state index contributed by atoms with van der Waals surface area (Å²) in [6.07, 6.45) is 3.22. The molecule has 88 valence electrons. The van der Waals surface area contributed by atoms with E-state index in [9.17, 15) is 0 Å². The summed E-state index contributed by atoms with van der Waals surface area (Å²) >= 11 is 0. The number of hydrogen-bond donors (Lipinski definition) is 1. The summed E-state index contributed by atoms with van der Waals surface area (Å²) < 4.78 is 10.8. The van der Waals surface area contributed by atoms with E-state index in [1.807, 2.05) is 6.92 Å². The normalized spacial score (nSPS) is 10.0. The average molecular weight is 231 g/mol. The number of methoxy groups -OCH3 is 1. The maximum atomic E-state index is 5.66. The van der Waals surface area contributed by atoms with Gasteiger partial charge in [-0.3, -0.25) is 0 Å². The first-order chi connectivity index (χ1) is 8.19. The van der Waals surface area contributed by atoms with Crippen molar-refractivity contribution in [3.63, 3.8) is 0 Å². The molecule has 17 heavy (non-hydrogen) atoms. The molecule has 0 saturated carbocycles. The van der Waals surface area contributed by atoms with Gasteiger partial charge in [-0.1, -0.05) is 0 Å². The van der Waals surface area contributed by atoms with Crippen molar-refractivity contribution in [1.82, 2.24) is 9.97 Å². The van der Waals surface area contributed by atoms with Gasteiger partial charge in [-0.2, -0.15) is 0 Å². The first kappa shape index (κ1) is 11.2. The maximum Gasteiger partial charge on any atom is 0.169 e. The minimum Gasteiger partial charge on any atom is -0.493 e. The van der Waals surface area contributed by atoms with Crippen LogP contribution in [0.3, 0.4) is 0 Å². The van der Waals surface area contributed by atoms with Crippen molar-refractivity contribution in [3.05, 3.63) is 36.4 Å². The zero-order chi connectivity index (χ0) is 12.3. The van der Waals surface area contributed by atoms with Gasteiger partial charge in [-0.05, 0) is 19.1 Å². The molecular weight excluding hydrogens is 218 g/mol. The van der Waals surface area contributed by atoms with Crippen LogP contribution >= 0.6 is 0 Å². The SMILES string of the molecule is COc1cc(N)ccc1Oc1cnc(C)nc1. The quantitative estimate of drug-likeness (QED) is 0.820. The monoisotopic (exact) mass is 231 g/mol. The third kappa shape index (κ3) is 2.63. The van der Waals surface area contributed by atoms with Crippen molar-refractivity contribution in [3.8, 4) is 17.2 Å². The molecule has 0 saturated heterocycles. The number of rotatable bonds is 3.